The Kier molecular flexibility index (Phi) is 4.60. The van der Waals surface area contributed by atoms with Gasteiger partial charge in [0.1, 0.15) is 4.87 Å². The molecule has 108 valence electrons. The number of nitrogens with zero attached hydrogens (tertiary/aromatic N) is 2. The Balaban J connectivity index is 2.40. The number of carbonyl (C=O) groups excluding carboxylic acids is 1. The molecule has 0 unspecified atom stereocenters. The third-order valence-corrected chi connectivity index (χ3v) is 5.42. The van der Waals surface area contributed by atoms with Gasteiger partial charge in [-0.15, -0.1) is 5.10 Å². The minimum atomic E-state index is -0.339. The van der Waals surface area contributed by atoms with Gasteiger partial charge >= 0.3 is 0 Å². The quantitative estimate of drug-likeness (QED) is 0.928. The summed E-state index contributed by atoms with van der Waals surface area (Å²) in [4.78, 5) is 12.4. The van der Waals surface area contributed by atoms with Crippen LogP contribution in [-0.2, 0) is 0 Å². The van der Waals surface area contributed by atoms with E-state index in [-0.39, 0.29) is 10.8 Å². The van der Waals surface area contributed by atoms with E-state index in [1.807, 2.05) is 19.2 Å². The average molecular weight is 312 g/mol. The topological polar surface area (TPSA) is 44.7 Å². The summed E-state index contributed by atoms with van der Waals surface area (Å²) in [5.41, 5.74) is 0.488. The highest BCUT2D eigenvalue weighted by molar-refractivity contribution is 8.15. The van der Waals surface area contributed by atoms with Crippen LogP contribution >= 0.6 is 23.4 Å². The van der Waals surface area contributed by atoms with Crippen molar-refractivity contribution >= 4 is 34.4 Å². The number of thioether (sulfide) groups is 1. The van der Waals surface area contributed by atoms with E-state index >= 15 is 0 Å². The molecule has 1 heterocycles. The maximum atomic E-state index is 12.8. The summed E-state index contributed by atoms with van der Waals surface area (Å²) >= 11 is 7.72. The van der Waals surface area contributed by atoms with Crippen molar-refractivity contribution in [2.45, 2.75) is 31.6 Å². The summed E-state index contributed by atoms with van der Waals surface area (Å²) in [6, 6.07) is 7.08. The first-order valence-corrected chi connectivity index (χ1v) is 7.82. The lowest BCUT2D eigenvalue weighted by atomic mass is 10.1. The van der Waals surface area contributed by atoms with Crippen LogP contribution in [0.15, 0.2) is 29.4 Å². The number of amides is 1. The van der Waals surface area contributed by atoms with Crippen LogP contribution in [-0.4, -0.2) is 28.0 Å². The fourth-order valence-electron chi connectivity index (χ4n) is 2.20. The molecule has 0 saturated carbocycles. The van der Waals surface area contributed by atoms with Gasteiger partial charge in [-0.25, -0.2) is 5.01 Å². The van der Waals surface area contributed by atoms with Crippen molar-refractivity contribution < 1.29 is 4.79 Å². The standard InChI is InChI=1S/C14H18ClN3OS/c1-4-14(5-2)18(17-13(16-3)20-14)12(19)10-8-6-7-9-11(10)15/h6-9H,4-5H2,1-3H3,(H,16,17). The summed E-state index contributed by atoms with van der Waals surface area (Å²) in [6.45, 7) is 4.13. The van der Waals surface area contributed by atoms with E-state index in [2.05, 4.69) is 24.3 Å². The molecule has 0 fully saturated rings. The number of halogens is 1. The van der Waals surface area contributed by atoms with Crippen molar-refractivity contribution in [2.24, 2.45) is 5.10 Å². The van der Waals surface area contributed by atoms with Gasteiger partial charge in [-0.05, 0) is 25.0 Å². The van der Waals surface area contributed by atoms with Gasteiger partial charge in [0, 0.05) is 7.05 Å². The van der Waals surface area contributed by atoms with Crippen LogP contribution in [0.1, 0.15) is 37.0 Å². The molecule has 0 aromatic heterocycles. The third-order valence-electron chi connectivity index (χ3n) is 3.48. The zero-order valence-corrected chi connectivity index (χ0v) is 13.4. The number of rotatable bonds is 3. The maximum Gasteiger partial charge on any atom is 0.276 e. The second kappa shape index (κ2) is 6.06. The molecule has 1 aliphatic heterocycles. The lowest BCUT2D eigenvalue weighted by Gasteiger charge is -2.33. The second-order valence-electron chi connectivity index (χ2n) is 4.51. The first kappa shape index (κ1) is 15.2. The highest BCUT2D eigenvalue weighted by Gasteiger charge is 2.44. The fraction of sp³-hybridized carbons (Fsp3) is 0.429. The summed E-state index contributed by atoms with van der Waals surface area (Å²) in [7, 11) is 1.81. The number of hydrogen-bond donors (Lipinski definition) is 1. The van der Waals surface area contributed by atoms with Crippen LogP contribution in [0.25, 0.3) is 0 Å². The molecule has 0 aliphatic carbocycles. The third kappa shape index (κ3) is 2.52. The lowest BCUT2D eigenvalue weighted by molar-refractivity contribution is 0.0644. The molecule has 1 aromatic carbocycles. The van der Waals surface area contributed by atoms with Crippen LogP contribution in [0.5, 0.6) is 0 Å². The minimum absolute atomic E-state index is 0.156. The molecule has 0 radical (unpaired) electrons. The monoisotopic (exact) mass is 311 g/mol. The molecule has 2 rings (SSSR count). The molecule has 1 N–H and O–H groups in total. The van der Waals surface area contributed by atoms with Crippen molar-refractivity contribution in [2.75, 3.05) is 7.05 Å². The van der Waals surface area contributed by atoms with Gasteiger partial charge in [0.05, 0.1) is 10.6 Å². The summed E-state index contributed by atoms with van der Waals surface area (Å²) in [5.74, 6) is -0.156. The number of hydrogen-bond acceptors (Lipinski definition) is 4. The highest BCUT2D eigenvalue weighted by Crippen LogP contribution is 2.43. The fourth-order valence-corrected chi connectivity index (χ4v) is 3.50. The molecule has 1 amide bonds. The number of nitrogens with one attached hydrogen (secondary N) is 1. The van der Waals surface area contributed by atoms with Crippen molar-refractivity contribution in [3.8, 4) is 0 Å². The van der Waals surface area contributed by atoms with Crippen molar-refractivity contribution in [1.29, 1.82) is 0 Å². The maximum absolute atomic E-state index is 12.8. The Morgan fingerprint density at radius 2 is 2.05 bits per heavy atom. The molecule has 6 heteroatoms. The molecule has 0 saturated heterocycles. The zero-order valence-electron chi connectivity index (χ0n) is 11.8. The van der Waals surface area contributed by atoms with Crippen LogP contribution in [0.4, 0.5) is 0 Å². The number of carbonyl (C=O) groups is 1. The number of hydrazone groups is 1. The summed E-state index contributed by atoms with van der Waals surface area (Å²) in [6.07, 6.45) is 1.64. The smallest absolute Gasteiger partial charge is 0.276 e. The van der Waals surface area contributed by atoms with E-state index in [9.17, 15) is 4.79 Å². The second-order valence-corrected chi connectivity index (χ2v) is 6.27. The molecule has 0 atom stereocenters. The largest absolute Gasteiger partial charge is 0.366 e. The predicted molar refractivity (Wildman–Crippen MR) is 85.0 cm³/mol. The molecular formula is C14H18ClN3OS. The van der Waals surface area contributed by atoms with E-state index in [4.69, 9.17) is 11.6 Å². The highest BCUT2D eigenvalue weighted by atomic mass is 35.5. The first-order chi connectivity index (χ1) is 9.57. The van der Waals surface area contributed by atoms with Gasteiger partial charge in [0.25, 0.3) is 5.91 Å². The van der Waals surface area contributed by atoms with E-state index in [1.54, 1.807) is 28.9 Å². The summed E-state index contributed by atoms with van der Waals surface area (Å²) in [5, 5.41) is 10.2. The summed E-state index contributed by atoms with van der Waals surface area (Å²) < 4.78 is 0. The minimum Gasteiger partial charge on any atom is -0.366 e. The van der Waals surface area contributed by atoms with Gasteiger partial charge in [0.2, 0.25) is 0 Å². The average Bonchev–Trinajstić information content (AvgIpc) is 2.86. The normalized spacial score (nSPS) is 17.0. The van der Waals surface area contributed by atoms with Gasteiger partial charge in [-0.2, -0.15) is 0 Å². The Labute approximate surface area is 128 Å². The van der Waals surface area contributed by atoms with E-state index in [0.29, 0.717) is 10.6 Å². The Morgan fingerprint density at radius 1 is 1.40 bits per heavy atom. The van der Waals surface area contributed by atoms with Crippen molar-refractivity contribution in [3.63, 3.8) is 0 Å². The van der Waals surface area contributed by atoms with E-state index in [1.165, 1.54) is 0 Å². The van der Waals surface area contributed by atoms with Gasteiger partial charge in [0.15, 0.2) is 5.17 Å². The van der Waals surface area contributed by atoms with Gasteiger partial charge < -0.3 is 5.32 Å². The predicted octanol–water partition coefficient (Wildman–Crippen LogP) is 3.54. The van der Waals surface area contributed by atoms with Crippen LogP contribution in [0.3, 0.4) is 0 Å². The van der Waals surface area contributed by atoms with E-state index < -0.39 is 0 Å². The molecule has 4 nitrogen and oxygen atoms in total. The molecule has 0 bridgehead atoms. The Bertz CT molecular complexity index is 543. The number of benzene rings is 1. The van der Waals surface area contributed by atoms with Gasteiger partial charge in [-0.3, -0.25) is 4.79 Å². The lowest BCUT2D eigenvalue weighted by Crippen LogP contribution is -2.42. The van der Waals surface area contributed by atoms with E-state index in [0.717, 1.165) is 18.0 Å². The Morgan fingerprint density at radius 3 is 2.60 bits per heavy atom. The van der Waals surface area contributed by atoms with Crippen LogP contribution in [0.2, 0.25) is 5.02 Å². The zero-order chi connectivity index (χ0) is 14.8. The Hall–Kier alpha value is -1.20. The van der Waals surface area contributed by atoms with Crippen molar-refractivity contribution in [3.05, 3.63) is 34.9 Å². The molecule has 0 spiro atoms. The molecule has 1 aromatic rings. The van der Waals surface area contributed by atoms with Gasteiger partial charge in [-0.1, -0.05) is 49.3 Å². The number of amidine groups is 1. The first-order valence-electron chi connectivity index (χ1n) is 6.62. The molecule has 20 heavy (non-hydrogen) atoms. The SMILES string of the molecule is CCC1(CC)SC(NC)=NN1C(=O)c1ccccc1Cl. The van der Waals surface area contributed by atoms with Crippen molar-refractivity contribution in [1.82, 2.24) is 10.3 Å². The van der Waals surface area contributed by atoms with Crippen LogP contribution < -0.4 is 5.32 Å². The van der Waals surface area contributed by atoms with Crippen LogP contribution in [0, 0.1) is 0 Å². The molecular weight excluding hydrogens is 294 g/mol. The molecule has 1 aliphatic rings.